The summed E-state index contributed by atoms with van der Waals surface area (Å²) < 4.78 is 5.08. The summed E-state index contributed by atoms with van der Waals surface area (Å²) in [5.74, 6) is -0.671. The van der Waals surface area contributed by atoms with Crippen LogP contribution in [0.5, 0.6) is 5.75 Å². The van der Waals surface area contributed by atoms with Gasteiger partial charge in [-0.2, -0.15) is 5.10 Å². The summed E-state index contributed by atoms with van der Waals surface area (Å²) in [4.78, 5) is 22.9. The lowest BCUT2D eigenvalue weighted by Crippen LogP contribution is -2.41. The second-order valence-electron chi connectivity index (χ2n) is 4.94. The van der Waals surface area contributed by atoms with E-state index in [9.17, 15) is 9.59 Å². The molecular formula is C15H21N3O3. The topological polar surface area (TPSA) is 79.8 Å². The number of carbonyl (C=O) groups is 2. The summed E-state index contributed by atoms with van der Waals surface area (Å²) in [6, 6.07) is 7.47. The van der Waals surface area contributed by atoms with Crippen molar-refractivity contribution in [1.29, 1.82) is 0 Å². The SMILES string of the molecule is COc1ccc(C/C(C)=N/NC(=O)C(=O)NC(C)C)cc1. The Hall–Kier alpha value is -2.37. The number of methoxy groups -OCH3 is 1. The normalized spacial score (nSPS) is 11.2. The maximum absolute atomic E-state index is 11.5. The molecule has 0 aromatic heterocycles. The van der Waals surface area contributed by atoms with Crippen molar-refractivity contribution in [2.45, 2.75) is 33.2 Å². The van der Waals surface area contributed by atoms with Crippen LogP contribution < -0.4 is 15.5 Å². The van der Waals surface area contributed by atoms with Crippen LogP contribution in [0.25, 0.3) is 0 Å². The standard InChI is InChI=1S/C15H21N3O3/c1-10(2)16-14(19)15(20)18-17-11(3)9-12-5-7-13(21-4)8-6-12/h5-8,10H,9H2,1-4H3,(H,16,19)(H,18,20)/b17-11+. The summed E-state index contributed by atoms with van der Waals surface area (Å²) in [5, 5.41) is 6.41. The van der Waals surface area contributed by atoms with Crippen molar-refractivity contribution in [3.63, 3.8) is 0 Å². The highest BCUT2D eigenvalue weighted by atomic mass is 16.5. The zero-order chi connectivity index (χ0) is 15.8. The second-order valence-corrected chi connectivity index (χ2v) is 4.94. The molecule has 6 heteroatoms. The molecule has 6 nitrogen and oxygen atoms in total. The third-order valence-electron chi connectivity index (χ3n) is 2.59. The van der Waals surface area contributed by atoms with Gasteiger partial charge in [0, 0.05) is 18.2 Å². The summed E-state index contributed by atoms with van der Waals surface area (Å²) in [6.07, 6.45) is 0.579. The highest BCUT2D eigenvalue weighted by Gasteiger charge is 2.13. The lowest BCUT2D eigenvalue weighted by molar-refractivity contribution is -0.139. The molecule has 0 saturated carbocycles. The third-order valence-corrected chi connectivity index (χ3v) is 2.59. The largest absolute Gasteiger partial charge is 0.497 e. The smallest absolute Gasteiger partial charge is 0.329 e. The highest BCUT2D eigenvalue weighted by Crippen LogP contribution is 2.11. The first-order valence-corrected chi connectivity index (χ1v) is 6.69. The Morgan fingerprint density at radius 3 is 2.33 bits per heavy atom. The van der Waals surface area contributed by atoms with Crippen LogP contribution in [0.3, 0.4) is 0 Å². The van der Waals surface area contributed by atoms with E-state index in [1.807, 2.05) is 24.3 Å². The Labute approximate surface area is 124 Å². The Bertz CT molecular complexity index is 521. The van der Waals surface area contributed by atoms with Gasteiger partial charge in [0.05, 0.1) is 7.11 Å². The number of ether oxygens (including phenoxy) is 1. The van der Waals surface area contributed by atoms with E-state index in [2.05, 4.69) is 15.8 Å². The van der Waals surface area contributed by atoms with Crippen molar-refractivity contribution in [2.24, 2.45) is 5.10 Å². The van der Waals surface area contributed by atoms with Crippen LogP contribution in [0.15, 0.2) is 29.4 Å². The lowest BCUT2D eigenvalue weighted by Gasteiger charge is -2.07. The quantitative estimate of drug-likeness (QED) is 0.487. The summed E-state index contributed by atoms with van der Waals surface area (Å²) in [7, 11) is 1.61. The van der Waals surface area contributed by atoms with E-state index in [-0.39, 0.29) is 6.04 Å². The monoisotopic (exact) mass is 291 g/mol. The van der Waals surface area contributed by atoms with Crippen molar-refractivity contribution in [2.75, 3.05) is 7.11 Å². The number of rotatable bonds is 5. The molecule has 114 valence electrons. The average molecular weight is 291 g/mol. The molecule has 0 spiro atoms. The molecule has 1 aromatic rings. The molecule has 1 aromatic carbocycles. The van der Waals surface area contributed by atoms with Crippen molar-refractivity contribution < 1.29 is 14.3 Å². The number of hydrogen-bond donors (Lipinski definition) is 2. The molecule has 0 aliphatic heterocycles. The number of nitrogens with one attached hydrogen (secondary N) is 2. The molecule has 1 rings (SSSR count). The van der Waals surface area contributed by atoms with Crippen LogP contribution in [0, 0.1) is 0 Å². The van der Waals surface area contributed by atoms with E-state index in [1.165, 1.54) is 0 Å². The van der Waals surface area contributed by atoms with Crippen LogP contribution in [-0.4, -0.2) is 30.7 Å². The molecule has 0 fully saturated rings. The molecule has 2 N–H and O–H groups in total. The van der Waals surface area contributed by atoms with Gasteiger partial charge in [0.15, 0.2) is 0 Å². The van der Waals surface area contributed by atoms with Crippen molar-refractivity contribution >= 4 is 17.5 Å². The molecule has 0 saturated heterocycles. The van der Waals surface area contributed by atoms with Crippen LogP contribution >= 0.6 is 0 Å². The van der Waals surface area contributed by atoms with E-state index in [0.717, 1.165) is 11.3 Å². The maximum atomic E-state index is 11.5. The van der Waals surface area contributed by atoms with Gasteiger partial charge in [-0.25, -0.2) is 5.43 Å². The molecular weight excluding hydrogens is 270 g/mol. The third kappa shape index (κ3) is 6.07. The van der Waals surface area contributed by atoms with E-state index < -0.39 is 11.8 Å². The Kier molecular flexibility index (Phi) is 6.39. The van der Waals surface area contributed by atoms with Gasteiger partial charge >= 0.3 is 11.8 Å². The van der Waals surface area contributed by atoms with Gasteiger partial charge in [-0.1, -0.05) is 12.1 Å². The molecule has 0 atom stereocenters. The molecule has 0 radical (unpaired) electrons. The van der Waals surface area contributed by atoms with Gasteiger partial charge < -0.3 is 10.1 Å². The highest BCUT2D eigenvalue weighted by molar-refractivity contribution is 6.35. The first-order chi connectivity index (χ1) is 9.92. The summed E-state index contributed by atoms with van der Waals surface area (Å²) >= 11 is 0. The zero-order valence-corrected chi connectivity index (χ0v) is 12.8. The number of amides is 2. The number of hydrazone groups is 1. The molecule has 0 unspecified atom stereocenters. The Morgan fingerprint density at radius 2 is 1.81 bits per heavy atom. The zero-order valence-electron chi connectivity index (χ0n) is 12.8. The molecule has 0 bridgehead atoms. The molecule has 0 heterocycles. The van der Waals surface area contributed by atoms with Gasteiger partial charge in [-0.3, -0.25) is 9.59 Å². The fourth-order valence-electron chi connectivity index (χ4n) is 1.60. The average Bonchev–Trinajstić information content (AvgIpc) is 2.44. The summed E-state index contributed by atoms with van der Waals surface area (Å²) in [6.45, 7) is 5.34. The Morgan fingerprint density at radius 1 is 1.19 bits per heavy atom. The van der Waals surface area contributed by atoms with Crippen molar-refractivity contribution in [3.8, 4) is 5.75 Å². The minimum Gasteiger partial charge on any atom is -0.497 e. The number of nitrogens with zero attached hydrogens (tertiary/aromatic N) is 1. The number of benzene rings is 1. The number of carbonyl (C=O) groups excluding carboxylic acids is 2. The second kappa shape index (κ2) is 8.04. The molecule has 21 heavy (non-hydrogen) atoms. The predicted molar refractivity (Wildman–Crippen MR) is 81.2 cm³/mol. The molecule has 2 amide bonds. The van der Waals surface area contributed by atoms with Crippen LogP contribution in [0.2, 0.25) is 0 Å². The Balaban J connectivity index is 2.52. The van der Waals surface area contributed by atoms with Crippen LogP contribution in [-0.2, 0) is 16.0 Å². The van der Waals surface area contributed by atoms with Gasteiger partial charge in [0.1, 0.15) is 5.75 Å². The van der Waals surface area contributed by atoms with Crippen molar-refractivity contribution in [1.82, 2.24) is 10.7 Å². The maximum Gasteiger partial charge on any atom is 0.329 e. The minimum atomic E-state index is -0.766. The number of hydrogen-bond acceptors (Lipinski definition) is 4. The fourth-order valence-corrected chi connectivity index (χ4v) is 1.60. The van der Waals surface area contributed by atoms with Gasteiger partial charge in [-0.05, 0) is 38.5 Å². The van der Waals surface area contributed by atoms with E-state index in [0.29, 0.717) is 12.1 Å². The van der Waals surface area contributed by atoms with E-state index in [4.69, 9.17) is 4.74 Å². The molecule has 0 aliphatic carbocycles. The predicted octanol–water partition coefficient (Wildman–Crippen LogP) is 1.25. The first kappa shape index (κ1) is 16.7. The first-order valence-electron chi connectivity index (χ1n) is 6.69. The molecule has 0 aliphatic rings. The van der Waals surface area contributed by atoms with Gasteiger partial charge in [0.2, 0.25) is 0 Å². The van der Waals surface area contributed by atoms with Gasteiger partial charge in [0.25, 0.3) is 0 Å². The van der Waals surface area contributed by atoms with Crippen LogP contribution in [0.1, 0.15) is 26.3 Å². The minimum absolute atomic E-state index is 0.0902. The van der Waals surface area contributed by atoms with Gasteiger partial charge in [-0.15, -0.1) is 0 Å². The summed E-state index contributed by atoms with van der Waals surface area (Å²) in [5.41, 5.74) is 3.98. The van der Waals surface area contributed by atoms with E-state index in [1.54, 1.807) is 27.9 Å². The van der Waals surface area contributed by atoms with Crippen molar-refractivity contribution in [3.05, 3.63) is 29.8 Å². The lowest BCUT2D eigenvalue weighted by atomic mass is 10.1. The fraction of sp³-hybridized carbons (Fsp3) is 0.400. The van der Waals surface area contributed by atoms with E-state index >= 15 is 0 Å². The van der Waals surface area contributed by atoms with Crippen LogP contribution in [0.4, 0.5) is 0 Å².